The number of hydrogen-bond acceptors (Lipinski definition) is 4. The van der Waals surface area contributed by atoms with E-state index in [9.17, 15) is 9.59 Å². The molecule has 20 heavy (non-hydrogen) atoms. The minimum absolute atomic E-state index is 0.206. The Kier molecular flexibility index (Phi) is 3.91. The lowest BCUT2D eigenvalue weighted by atomic mass is 10.1. The van der Waals surface area contributed by atoms with E-state index in [1.165, 1.54) is 0 Å². The third kappa shape index (κ3) is 2.90. The zero-order valence-corrected chi connectivity index (χ0v) is 10.8. The molecule has 2 aromatic rings. The fraction of sp³-hybridized carbons (Fsp3) is 0.143. The van der Waals surface area contributed by atoms with Crippen LogP contribution in [0.5, 0.6) is 0 Å². The number of nitrogens with zero attached hydrogens (tertiary/aromatic N) is 2. The number of aromatic nitrogens is 1. The number of carbonyl (C=O) groups is 2. The van der Waals surface area contributed by atoms with Crippen LogP contribution >= 0.6 is 0 Å². The summed E-state index contributed by atoms with van der Waals surface area (Å²) in [6.07, 6.45) is 0. The summed E-state index contributed by atoms with van der Waals surface area (Å²) in [6.45, 7) is 1.60. The molecule has 0 fully saturated rings. The van der Waals surface area contributed by atoms with Crippen LogP contribution in [-0.2, 0) is 9.59 Å². The molecule has 0 unspecified atom stereocenters. The van der Waals surface area contributed by atoms with E-state index >= 15 is 0 Å². The molecule has 6 heteroatoms. The van der Waals surface area contributed by atoms with E-state index in [1.54, 1.807) is 19.1 Å². The number of amides is 2. The minimum atomic E-state index is -0.843. The number of aryl methyl sites for hydroxylation is 1. The highest BCUT2D eigenvalue weighted by molar-refractivity contribution is 6.40. The van der Waals surface area contributed by atoms with Crippen LogP contribution in [0.15, 0.2) is 30.3 Å². The number of nitrogens with one attached hydrogen (secondary N) is 2. The highest BCUT2D eigenvalue weighted by atomic mass is 16.2. The lowest BCUT2D eigenvalue weighted by Gasteiger charge is -2.09. The molecule has 0 saturated carbocycles. The van der Waals surface area contributed by atoms with Crippen molar-refractivity contribution in [2.24, 2.45) is 0 Å². The standard InChI is InChI=1S/C14H12N4O2/c1-9-8-12(10-4-2-3-5-11(10)17-9)18-14(20)13(19)16-7-6-15/h2-5,8H,7H2,1H3,(H,16,19)(H,17,18,20). The summed E-state index contributed by atoms with van der Waals surface area (Å²) < 4.78 is 0. The molecule has 6 nitrogen and oxygen atoms in total. The molecule has 1 aromatic heterocycles. The lowest BCUT2D eigenvalue weighted by molar-refractivity contribution is -0.136. The third-order valence-electron chi connectivity index (χ3n) is 2.63. The van der Waals surface area contributed by atoms with Crippen LogP contribution in [0.3, 0.4) is 0 Å². The first-order valence-corrected chi connectivity index (χ1v) is 5.94. The summed E-state index contributed by atoms with van der Waals surface area (Å²) in [6, 6.07) is 10.7. The van der Waals surface area contributed by atoms with Gasteiger partial charge in [0.15, 0.2) is 0 Å². The van der Waals surface area contributed by atoms with Gasteiger partial charge in [0.1, 0.15) is 6.54 Å². The topological polar surface area (TPSA) is 94.9 Å². The Bertz CT molecular complexity index is 719. The molecule has 0 atom stereocenters. The predicted molar refractivity (Wildman–Crippen MR) is 73.7 cm³/mol. The normalized spacial score (nSPS) is 9.80. The average Bonchev–Trinajstić information content (AvgIpc) is 2.44. The second-order valence-corrected chi connectivity index (χ2v) is 4.12. The van der Waals surface area contributed by atoms with Gasteiger partial charge in [0.2, 0.25) is 0 Å². The van der Waals surface area contributed by atoms with Gasteiger partial charge in [-0.3, -0.25) is 14.6 Å². The molecular formula is C14H12N4O2. The number of nitriles is 1. The van der Waals surface area contributed by atoms with Crippen LogP contribution in [0.25, 0.3) is 10.9 Å². The maximum Gasteiger partial charge on any atom is 0.313 e. The Balaban J connectivity index is 2.28. The quantitative estimate of drug-likeness (QED) is 0.630. The molecule has 0 saturated heterocycles. The number of anilines is 1. The SMILES string of the molecule is Cc1cc(NC(=O)C(=O)NCC#N)c2ccccc2n1. The Morgan fingerprint density at radius 3 is 2.80 bits per heavy atom. The molecular weight excluding hydrogens is 256 g/mol. The van der Waals surface area contributed by atoms with Crippen molar-refractivity contribution in [1.82, 2.24) is 10.3 Å². The summed E-state index contributed by atoms with van der Waals surface area (Å²) in [5.41, 5.74) is 1.99. The largest absolute Gasteiger partial charge is 0.335 e. The highest BCUT2D eigenvalue weighted by Gasteiger charge is 2.14. The van der Waals surface area contributed by atoms with Gasteiger partial charge in [0.05, 0.1) is 17.3 Å². The van der Waals surface area contributed by atoms with Crippen molar-refractivity contribution in [1.29, 1.82) is 5.26 Å². The maximum absolute atomic E-state index is 11.7. The minimum Gasteiger partial charge on any atom is -0.335 e. The summed E-state index contributed by atoms with van der Waals surface area (Å²) in [5, 5.41) is 13.8. The first-order chi connectivity index (χ1) is 9.61. The Hall–Kier alpha value is -2.94. The molecule has 2 rings (SSSR count). The van der Waals surface area contributed by atoms with Gasteiger partial charge in [0.25, 0.3) is 0 Å². The van der Waals surface area contributed by atoms with Gasteiger partial charge in [-0.1, -0.05) is 18.2 Å². The molecule has 0 radical (unpaired) electrons. The zero-order valence-electron chi connectivity index (χ0n) is 10.8. The van der Waals surface area contributed by atoms with E-state index in [0.29, 0.717) is 5.69 Å². The van der Waals surface area contributed by atoms with Crippen molar-refractivity contribution in [3.05, 3.63) is 36.0 Å². The summed E-state index contributed by atoms with van der Waals surface area (Å²) >= 11 is 0. The fourth-order valence-electron chi connectivity index (χ4n) is 1.79. The molecule has 0 aliphatic rings. The van der Waals surface area contributed by atoms with Gasteiger partial charge >= 0.3 is 11.8 Å². The molecule has 1 aromatic carbocycles. The van der Waals surface area contributed by atoms with Crippen LogP contribution in [0.2, 0.25) is 0 Å². The summed E-state index contributed by atoms with van der Waals surface area (Å²) in [7, 11) is 0. The van der Waals surface area contributed by atoms with E-state index in [2.05, 4.69) is 15.6 Å². The Morgan fingerprint density at radius 2 is 2.05 bits per heavy atom. The Labute approximate surface area is 115 Å². The molecule has 2 amide bonds. The number of para-hydroxylation sites is 1. The van der Waals surface area contributed by atoms with Crippen molar-refractivity contribution in [2.45, 2.75) is 6.92 Å². The number of rotatable bonds is 2. The molecule has 100 valence electrons. The van der Waals surface area contributed by atoms with Gasteiger partial charge in [-0.25, -0.2) is 0 Å². The second kappa shape index (κ2) is 5.80. The van der Waals surface area contributed by atoms with Crippen molar-refractivity contribution in [3.63, 3.8) is 0 Å². The van der Waals surface area contributed by atoms with E-state index in [-0.39, 0.29) is 6.54 Å². The fourth-order valence-corrected chi connectivity index (χ4v) is 1.79. The number of pyridine rings is 1. The van der Waals surface area contributed by atoms with Crippen molar-refractivity contribution >= 4 is 28.4 Å². The van der Waals surface area contributed by atoms with Crippen molar-refractivity contribution < 1.29 is 9.59 Å². The number of hydrogen-bond donors (Lipinski definition) is 2. The molecule has 0 spiro atoms. The summed E-state index contributed by atoms with van der Waals surface area (Å²) in [5.74, 6) is -1.65. The van der Waals surface area contributed by atoms with Gasteiger partial charge in [-0.15, -0.1) is 0 Å². The number of carbonyl (C=O) groups excluding carboxylic acids is 2. The summed E-state index contributed by atoms with van der Waals surface area (Å²) in [4.78, 5) is 27.5. The monoisotopic (exact) mass is 268 g/mol. The Morgan fingerprint density at radius 1 is 1.30 bits per heavy atom. The van der Waals surface area contributed by atoms with Gasteiger partial charge in [-0.05, 0) is 19.1 Å². The van der Waals surface area contributed by atoms with Crippen molar-refractivity contribution in [3.8, 4) is 6.07 Å². The van der Waals surface area contributed by atoms with Crippen LogP contribution in [0.4, 0.5) is 5.69 Å². The number of benzene rings is 1. The first kappa shape index (κ1) is 13.5. The van der Waals surface area contributed by atoms with Gasteiger partial charge in [0, 0.05) is 11.1 Å². The van der Waals surface area contributed by atoms with Gasteiger partial charge in [-0.2, -0.15) is 5.26 Å². The molecule has 0 aliphatic heterocycles. The van der Waals surface area contributed by atoms with Crippen LogP contribution in [0, 0.1) is 18.3 Å². The van der Waals surface area contributed by atoms with Crippen LogP contribution in [-0.4, -0.2) is 23.3 Å². The third-order valence-corrected chi connectivity index (χ3v) is 2.63. The van der Waals surface area contributed by atoms with Crippen molar-refractivity contribution in [2.75, 3.05) is 11.9 Å². The van der Waals surface area contributed by atoms with Gasteiger partial charge < -0.3 is 10.6 Å². The van der Waals surface area contributed by atoms with E-state index in [0.717, 1.165) is 16.6 Å². The van der Waals surface area contributed by atoms with Crippen LogP contribution in [0.1, 0.15) is 5.69 Å². The lowest BCUT2D eigenvalue weighted by Crippen LogP contribution is -2.35. The van der Waals surface area contributed by atoms with Crippen LogP contribution < -0.4 is 10.6 Å². The molecule has 2 N–H and O–H groups in total. The predicted octanol–water partition coefficient (Wildman–Crippen LogP) is 1.12. The number of fused-ring (bicyclic) bond motifs is 1. The zero-order chi connectivity index (χ0) is 14.5. The average molecular weight is 268 g/mol. The second-order valence-electron chi connectivity index (χ2n) is 4.12. The molecule has 0 aliphatic carbocycles. The van der Waals surface area contributed by atoms with E-state index < -0.39 is 11.8 Å². The first-order valence-electron chi connectivity index (χ1n) is 5.94. The van der Waals surface area contributed by atoms with E-state index in [1.807, 2.05) is 24.3 Å². The smallest absolute Gasteiger partial charge is 0.313 e. The highest BCUT2D eigenvalue weighted by Crippen LogP contribution is 2.22. The van der Waals surface area contributed by atoms with E-state index in [4.69, 9.17) is 5.26 Å². The molecule has 1 heterocycles. The maximum atomic E-state index is 11.7. The molecule has 0 bridgehead atoms.